The summed E-state index contributed by atoms with van der Waals surface area (Å²) >= 11 is 5.53. The van der Waals surface area contributed by atoms with Gasteiger partial charge in [-0.1, -0.05) is 11.6 Å². The standard InChI is InChI=1S/C13H6ClF3N2O4S/c14-9-5-7(13(15,16)17)1-4-12(9)23-8-2-3-11(19(20)21)10(6-8)18-24-22/h1-6H. The molecule has 2 rings (SSSR count). The lowest BCUT2D eigenvalue weighted by atomic mass is 10.2. The van der Waals surface area contributed by atoms with Crippen molar-refractivity contribution in [1.82, 2.24) is 0 Å². The molecule has 0 radical (unpaired) electrons. The minimum Gasteiger partial charge on any atom is -0.456 e. The number of benzene rings is 2. The molecule has 2 aromatic rings. The first-order valence-corrected chi connectivity index (χ1v) is 7.13. The van der Waals surface area contributed by atoms with E-state index in [0.29, 0.717) is 6.07 Å². The predicted octanol–water partition coefficient (Wildman–Crippen LogP) is 5.09. The first-order valence-electron chi connectivity index (χ1n) is 6.05. The molecular weight excluding hydrogens is 373 g/mol. The van der Waals surface area contributed by atoms with E-state index in [-0.39, 0.29) is 33.7 Å². The molecule has 0 fully saturated rings. The lowest BCUT2D eigenvalue weighted by Gasteiger charge is -2.11. The van der Waals surface area contributed by atoms with Crippen LogP contribution in [0, 0.1) is 10.1 Å². The number of nitrogens with zero attached hydrogens (tertiary/aromatic N) is 2. The first kappa shape index (κ1) is 17.9. The van der Waals surface area contributed by atoms with Crippen LogP contribution in [-0.4, -0.2) is 9.13 Å². The fourth-order valence-corrected chi connectivity index (χ4v) is 2.17. The Morgan fingerprint density at radius 3 is 2.46 bits per heavy atom. The summed E-state index contributed by atoms with van der Waals surface area (Å²) in [5.74, 6) is -0.0608. The maximum Gasteiger partial charge on any atom is 0.416 e. The number of halogens is 4. The predicted molar refractivity (Wildman–Crippen MR) is 79.9 cm³/mol. The summed E-state index contributed by atoms with van der Waals surface area (Å²) in [6, 6.07) is 5.87. The lowest BCUT2D eigenvalue weighted by Crippen LogP contribution is -2.04. The van der Waals surface area contributed by atoms with Crippen LogP contribution in [0.15, 0.2) is 40.8 Å². The minimum atomic E-state index is -4.55. The van der Waals surface area contributed by atoms with Gasteiger partial charge in [0, 0.05) is 12.1 Å². The third-order valence-electron chi connectivity index (χ3n) is 2.77. The molecule has 126 valence electrons. The molecule has 0 aliphatic rings. The average molecular weight is 379 g/mol. The first-order chi connectivity index (χ1) is 11.2. The number of ether oxygens (including phenoxy) is 1. The van der Waals surface area contributed by atoms with Crippen LogP contribution in [0.4, 0.5) is 24.5 Å². The maximum atomic E-state index is 12.6. The molecule has 0 unspecified atom stereocenters. The van der Waals surface area contributed by atoms with Crippen molar-refractivity contribution in [2.75, 3.05) is 0 Å². The molecule has 0 amide bonds. The van der Waals surface area contributed by atoms with E-state index in [9.17, 15) is 27.5 Å². The summed E-state index contributed by atoms with van der Waals surface area (Å²) in [7, 11) is 0. The van der Waals surface area contributed by atoms with Crippen LogP contribution in [0.1, 0.15) is 5.56 Å². The SMILES string of the molecule is O=S=Nc1cc(Oc2ccc(C(F)(F)F)cc2Cl)ccc1[N+](=O)[O-]. The van der Waals surface area contributed by atoms with Gasteiger partial charge in [-0.05, 0) is 24.3 Å². The van der Waals surface area contributed by atoms with E-state index in [4.69, 9.17) is 16.3 Å². The van der Waals surface area contributed by atoms with Crippen LogP contribution < -0.4 is 4.74 Å². The largest absolute Gasteiger partial charge is 0.456 e. The van der Waals surface area contributed by atoms with E-state index >= 15 is 0 Å². The summed E-state index contributed by atoms with van der Waals surface area (Å²) in [6.45, 7) is 0. The Kier molecular flexibility index (Phi) is 5.20. The Hall–Kier alpha value is -2.46. The van der Waals surface area contributed by atoms with Crippen molar-refractivity contribution in [2.24, 2.45) is 4.36 Å². The zero-order valence-corrected chi connectivity index (χ0v) is 13.0. The molecular formula is C13H6ClF3N2O4S. The summed E-state index contributed by atoms with van der Waals surface area (Å²) in [5.41, 5.74) is -1.59. The van der Waals surface area contributed by atoms with E-state index < -0.39 is 22.4 Å². The summed E-state index contributed by atoms with van der Waals surface area (Å²) < 4.78 is 56.9. The highest BCUT2D eigenvalue weighted by Gasteiger charge is 2.31. The molecule has 0 N–H and O–H groups in total. The number of nitro groups is 1. The van der Waals surface area contributed by atoms with E-state index in [1.54, 1.807) is 0 Å². The van der Waals surface area contributed by atoms with E-state index in [1.165, 1.54) is 6.07 Å². The second kappa shape index (κ2) is 6.97. The number of rotatable bonds is 4. The van der Waals surface area contributed by atoms with Crippen molar-refractivity contribution in [3.63, 3.8) is 0 Å². The monoisotopic (exact) mass is 378 g/mol. The quantitative estimate of drug-likeness (QED) is 0.548. The Balaban J connectivity index is 2.36. The van der Waals surface area contributed by atoms with Gasteiger partial charge in [-0.2, -0.15) is 17.4 Å². The average Bonchev–Trinajstić information content (AvgIpc) is 2.48. The van der Waals surface area contributed by atoms with Crippen molar-refractivity contribution < 1.29 is 27.0 Å². The van der Waals surface area contributed by atoms with Gasteiger partial charge in [0.1, 0.15) is 11.5 Å². The number of nitro benzene ring substituents is 1. The molecule has 0 atom stereocenters. The van der Waals surface area contributed by atoms with Gasteiger partial charge in [0.25, 0.3) is 5.69 Å². The van der Waals surface area contributed by atoms with Gasteiger partial charge < -0.3 is 4.74 Å². The topological polar surface area (TPSA) is 81.8 Å². The molecule has 0 saturated carbocycles. The maximum absolute atomic E-state index is 12.6. The van der Waals surface area contributed by atoms with Crippen LogP contribution in [0.25, 0.3) is 0 Å². The molecule has 0 aliphatic heterocycles. The highest BCUT2D eigenvalue weighted by molar-refractivity contribution is 7.54. The van der Waals surface area contributed by atoms with Crippen molar-refractivity contribution in [2.45, 2.75) is 6.18 Å². The van der Waals surface area contributed by atoms with Crippen LogP contribution >= 0.6 is 11.6 Å². The molecule has 0 aliphatic carbocycles. The van der Waals surface area contributed by atoms with Crippen molar-refractivity contribution in [1.29, 1.82) is 0 Å². The molecule has 2 aromatic carbocycles. The molecule has 0 bridgehead atoms. The molecule has 24 heavy (non-hydrogen) atoms. The second-order valence-corrected chi connectivity index (χ2v) is 5.06. The fourth-order valence-electron chi connectivity index (χ4n) is 1.72. The highest BCUT2D eigenvalue weighted by Crippen LogP contribution is 2.38. The van der Waals surface area contributed by atoms with Crippen LogP contribution in [0.3, 0.4) is 0 Å². The van der Waals surface area contributed by atoms with Gasteiger partial charge in [-0.3, -0.25) is 10.1 Å². The number of hydrogen-bond acceptors (Lipinski definition) is 5. The lowest BCUT2D eigenvalue weighted by molar-refractivity contribution is -0.384. The van der Waals surface area contributed by atoms with Crippen LogP contribution in [-0.2, 0) is 17.6 Å². The molecule has 0 heterocycles. The zero-order chi connectivity index (χ0) is 17.9. The Morgan fingerprint density at radius 2 is 1.92 bits per heavy atom. The van der Waals surface area contributed by atoms with Gasteiger partial charge in [0.05, 0.1) is 15.5 Å². The smallest absolute Gasteiger partial charge is 0.416 e. The molecule has 0 spiro atoms. The highest BCUT2D eigenvalue weighted by atomic mass is 35.5. The van der Waals surface area contributed by atoms with Gasteiger partial charge in [0.15, 0.2) is 5.69 Å². The Morgan fingerprint density at radius 1 is 1.21 bits per heavy atom. The molecule has 11 heteroatoms. The normalized spacial score (nSPS) is 11.0. The number of alkyl halides is 3. The summed E-state index contributed by atoms with van der Waals surface area (Å²) in [6.07, 6.45) is -4.55. The van der Waals surface area contributed by atoms with E-state index in [0.717, 1.165) is 24.3 Å². The van der Waals surface area contributed by atoms with Crippen molar-refractivity contribution >= 4 is 34.4 Å². The summed E-state index contributed by atoms with van der Waals surface area (Å²) in [4.78, 5) is 10.1. The molecule has 0 saturated heterocycles. The Labute approximate surface area is 141 Å². The number of hydrogen-bond donors (Lipinski definition) is 0. The molecule has 0 aromatic heterocycles. The van der Waals surface area contributed by atoms with Gasteiger partial charge in [-0.25, -0.2) is 0 Å². The van der Waals surface area contributed by atoms with E-state index in [2.05, 4.69) is 4.36 Å². The van der Waals surface area contributed by atoms with Crippen LogP contribution in [0.5, 0.6) is 11.5 Å². The van der Waals surface area contributed by atoms with Crippen molar-refractivity contribution in [3.05, 3.63) is 57.1 Å². The third kappa shape index (κ3) is 4.09. The fraction of sp³-hybridized carbons (Fsp3) is 0.0769. The Bertz CT molecular complexity index is 854. The van der Waals surface area contributed by atoms with Crippen LogP contribution in [0.2, 0.25) is 5.02 Å². The van der Waals surface area contributed by atoms with Crippen molar-refractivity contribution in [3.8, 4) is 11.5 Å². The molecule has 6 nitrogen and oxygen atoms in total. The third-order valence-corrected chi connectivity index (χ3v) is 3.33. The summed E-state index contributed by atoms with van der Waals surface area (Å²) in [5, 5.41) is 10.5. The second-order valence-electron chi connectivity index (χ2n) is 4.32. The van der Waals surface area contributed by atoms with E-state index in [1.807, 2.05) is 0 Å². The van der Waals surface area contributed by atoms with Gasteiger partial charge in [-0.15, -0.1) is 4.36 Å². The van der Waals surface area contributed by atoms with Gasteiger partial charge >= 0.3 is 6.18 Å². The van der Waals surface area contributed by atoms with Gasteiger partial charge in [0.2, 0.25) is 11.5 Å². The minimum absolute atomic E-state index is 0.0232. The zero-order valence-electron chi connectivity index (χ0n) is 11.4.